The second-order valence-corrected chi connectivity index (χ2v) is 6.61. The molecule has 0 aromatic heterocycles. The second-order valence-electron chi connectivity index (χ2n) is 6.61. The van der Waals surface area contributed by atoms with E-state index >= 15 is 0 Å². The number of phenolic OH excluding ortho intramolecular Hbond substituents is 1. The lowest BCUT2D eigenvalue weighted by Gasteiger charge is -2.32. The molecule has 1 fully saturated rings. The number of carbonyl (C=O) groups is 1. The van der Waals surface area contributed by atoms with Crippen LogP contribution in [0.5, 0.6) is 5.75 Å². The number of rotatable bonds is 4. The molecule has 0 atom stereocenters. The maximum absolute atomic E-state index is 12.1. The van der Waals surface area contributed by atoms with E-state index in [2.05, 4.69) is 29.3 Å². The van der Waals surface area contributed by atoms with Crippen LogP contribution in [0, 0.1) is 5.92 Å². The Morgan fingerprint density at radius 3 is 2.33 bits per heavy atom. The highest BCUT2D eigenvalue weighted by molar-refractivity contribution is 5.92. The van der Waals surface area contributed by atoms with Crippen molar-refractivity contribution in [1.29, 1.82) is 0 Å². The number of amides is 1. The fourth-order valence-corrected chi connectivity index (χ4v) is 3.03. The van der Waals surface area contributed by atoms with Gasteiger partial charge in [-0.3, -0.25) is 4.79 Å². The van der Waals surface area contributed by atoms with Gasteiger partial charge in [0.2, 0.25) is 5.91 Å². The minimum absolute atomic E-state index is 0.0553. The van der Waals surface area contributed by atoms with Gasteiger partial charge in [0.15, 0.2) is 0 Å². The number of carbonyl (C=O) groups excluding carboxylic acids is 1. The van der Waals surface area contributed by atoms with Gasteiger partial charge < -0.3 is 15.3 Å². The second kappa shape index (κ2) is 7.39. The first-order valence-electron chi connectivity index (χ1n) is 8.53. The van der Waals surface area contributed by atoms with Gasteiger partial charge in [0.1, 0.15) is 5.75 Å². The molecule has 1 heterocycles. The molecule has 1 aliphatic heterocycles. The summed E-state index contributed by atoms with van der Waals surface area (Å²) in [6.07, 6.45) is 2.78. The molecule has 1 aliphatic rings. The highest BCUT2D eigenvalue weighted by Gasteiger charge is 2.15. The topological polar surface area (TPSA) is 52.6 Å². The number of piperidine rings is 1. The predicted octanol–water partition coefficient (Wildman–Crippen LogP) is 3.81. The monoisotopic (exact) mass is 324 g/mol. The van der Waals surface area contributed by atoms with E-state index in [9.17, 15) is 9.90 Å². The Morgan fingerprint density at radius 2 is 1.71 bits per heavy atom. The van der Waals surface area contributed by atoms with Crippen LogP contribution < -0.4 is 10.2 Å². The number of phenols is 1. The van der Waals surface area contributed by atoms with Crippen LogP contribution in [0.1, 0.15) is 25.3 Å². The Hall–Kier alpha value is -2.49. The molecule has 0 unspecified atom stereocenters. The lowest BCUT2D eigenvalue weighted by Crippen LogP contribution is -2.32. The molecule has 4 heteroatoms. The zero-order chi connectivity index (χ0) is 16.9. The Balaban J connectivity index is 1.55. The Labute approximate surface area is 143 Å². The van der Waals surface area contributed by atoms with Crippen molar-refractivity contribution in [3.05, 3.63) is 54.1 Å². The van der Waals surface area contributed by atoms with Crippen molar-refractivity contribution < 1.29 is 9.90 Å². The lowest BCUT2D eigenvalue weighted by atomic mass is 9.99. The van der Waals surface area contributed by atoms with Gasteiger partial charge in [-0.15, -0.1) is 0 Å². The molecule has 2 aromatic carbocycles. The van der Waals surface area contributed by atoms with Crippen molar-refractivity contribution in [3.8, 4) is 5.75 Å². The third-order valence-corrected chi connectivity index (χ3v) is 4.60. The summed E-state index contributed by atoms with van der Waals surface area (Å²) in [5, 5.41) is 12.2. The SMILES string of the molecule is CC1CCN(c2ccc(NC(=O)Cc3ccc(O)cc3)cc2)CC1. The quantitative estimate of drug-likeness (QED) is 0.899. The van der Waals surface area contributed by atoms with Crippen LogP contribution in [0.25, 0.3) is 0 Å². The highest BCUT2D eigenvalue weighted by Crippen LogP contribution is 2.24. The van der Waals surface area contributed by atoms with Crippen LogP contribution in [0.2, 0.25) is 0 Å². The van der Waals surface area contributed by atoms with E-state index in [1.54, 1.807) is 24.3 Å². The van der Waals surface area contributed by atoms with Gasteiger partial charge in [0.05, 0.1) is 6.42 Å². The maximum atomic E-state index is 12.1. The summed E-state index contributed by atoms with van der Waals surface area (Å²) in [6.45, 7) is 4.52. The fraction of sp³-hybridized carbons (Fsp3) is 0.350. The summed E-state index contributed by atoms with van der Waals surface area (Å²) in [5.41, 5.74) is 2.91. The number of hydrogen-bond acceptors (Lipinski definition) is 3. The van der Waals surface area contributed by atoms with Gasteiger partial charge in [-0.25, -0.2) is 0 Å². The molecule has 2 N–H and O–H groups in total. The number of hydrogen-bond donors (Lipinski definition) is 2. The van der Waals surface area contributed by atoms with Crippen LogP contribution in [0.4, 0.5) is 11.4 Å². The summed E-state index contributed by atoms with van der Waals surface area (Å²) in [5.74, 6) is 0.974. The number of benzene rings is 2. The van der Waals surface area contributed by atoms with Crippen LogP contribution >= 0.6 is 0 Å². The molecule has 0 radical (unpaired) electrons. The Kier molecular flexibility index (Phi) is 5.04. The summed E-state index contributed by atoms with van der Waals surface area (Å²) in [6, 6.07) is 14.8. The zero-order valence-electron chi connectivity index (χ0n) is 14.0. The van der Waals surface area contributed by atoms with E-state index in [1.165, 1.54) is 18.5 Å². The number of nitrogens with one attached hydrogen (secondary N) is 1. The van der Waals surface area contributed by atoms with Crippen LogP contribution in [-0.2, 0) is 11.2 Å². The zero-order valence-corrected chi connectivity index (χ0v) is 14.0. The highest BCUT2D eigenvalue weighted by atomic mass is 16.3. The van der Waals surface area contributed by atoms with E-state index < -0.39 is 0 Å². The molecular weight excluding hydrogens is 300 g/mol. The molecule has 0 bridgehead atoms. The van der Waals surface area contributed by atoms with Crippen molar-refractivity contribution in [2.45, 2.75) is 26.2 Å². The van der Waals surface area contributed by atoms with Crippen LogP contribution in [0.3, 0.4) is 0 Å². The first-order chi connectivity index (χ1) is 11.6. The summed E-state index contributed by atoms with van der Waals surface area (Å²) in [7, 11) is 0. The average molecular weight is 324 g/mol. The Bertz CT molecular complexity index is 672. The lowest BCUT2D eigenvalue weighted by molar-refractivity contribution is -0.115. The number of nitrogens with zero attached hydrogens (tertiary/aromatic N) is 1. The molecule has 1 amide bonds. The van der Waals surface area contributed by atoms with Crippen molar-refractivity contribution in [1.82, 2.24) is 0 Å². The first kappa shape index (κ1) is 16.4. The van der Waals surface area contributed by atoms with E-state index in [-0.39, 0.29) is 11.7 Å². The van der Waals surface area contributed by atoms with Gasteiger partial charge in [0, 0.05) is 24.5 Å². The van der Waals surface area contributed by atoms with Crippen molar-refractivity contribution in [2.75, 3.05) is 23.3 Å². The third-order valence-electron chi connectivity index (χ3n) is 4.60. The summed E-state index contributed by atoms with van der Waals surface area (Å²) < 4.78 is 0. The molecule has 1 saturated heterocycles. The fourth-order valence-electron chi connectivity index (χ4n) is 3.03. The molecule has 4 nitrogen and oxygen atoms in total. The molecule has 2 aromatic rings. The van der Waals surface area contributed by atoms with Crippen molar-refractivity contribution >= 4 is 17.3 Å². The molecule has 0 saturated carbocycles. The molecule has 3 rings (SSSR count). The molecule has 24 heavy (non-hydrogen) atoms. The van der Waals surface area contributed by atoms with Gasteiger partial charge >= 0.3 is 0 Å². The standard InChI is InChI=1S/C20H24N2O2/c1-15-10-12-22(13-11-15)18-6-4-17(5-7-18)21-20(24)14-16-2-8-19(23)9-3-16/h2-9,15,23H,10-14H2,1H3,(H,21,24). The Morgan fingerprint density at radius 1 is 1.08 bits per heavy atom. The van der Waals surface area contributed by atoms with Gasteiger partial charge in [0.25, 0.3) is 0 Å². The molecular formula is C20H24N2O2. The number of aromatic hydroxyl groups is 1. The van der Waals surface area contributed by atoms with Gasteiger partial charge in [-0.2, -0.15) is 0 Å². The van der Waals surface area contributed by atoms with Crippen molar-refractivity contribution in [3.63, 3.8) is 0 Å². The first-order valence-corrected chi connectivity index (χ1v) is 8.53. The largest absolute Gasteiger partial charge is 0.508 e. The van der Waals surface area contributed by atoms with Gasteiger partial charge in [-0.1, -0.05) is 19.1 Å². The van der Waals surface area contributed by atoms with Crippen molar-refractivity contribution in [2.24, 2.45) is 5.92 Å². The summed E-state index contributed by atoms with van der Waals surface area (Å²) in [4.78, 5) is 14.5. The van der Waals surface area contributed by atoms with Crippen LogP contribution in [-0.4, -0.2) is 24.1 Å². The minimum Gasteiger partial charge on any atom is -0.508 e. The molecule has 126 valence electrons. The van der Waals surface area contributed by atoms with E-state index in [1.807, 2.05) is 12.1 Å². The normalized spacial score (nSPS) is 15.3. The average Bonchev–Trinajstić information content (AvgIpc) is 2.58. The third kappa shape index (κ3) is 4.28. The van der Waals surface area contributed by atoms with Crippen LogP contribution in [0.15, 0.2) is 48.5 Å². The number of anilines is 2. The predicted molar refractivity (Wildman–Crippen MR) is 97.5 cm³/mol. The molecule has 0 spiro atoms. The molecule has 0 aliphatic carbocycles. The minimum atomic E-state index is -0.0553. The van der Waals surface area contributed by atoms with E-state index in [0.29, 0.717) is 6.42 Å². The maximum Gasteiger partial charge on any atom is 0.228 e. The van der Waals surface area contributed by atoms with E-state index in [4.69, 9.17) is 0 Å². The smallest absolute Gasteiger partial charge is 0.228 e. The van der Waals surface area contributed by atoms with E-state index in [0.717, 1.165) is 30.3 Å². The van der Waals surface area contributed by atoms with Gasteiger partial charge in [-0.05, 0) is 60.7 Å². The summed E-state index contributed by atoms with van der Waals surface area (Å²) >= 11 is 0.